The molecule has 1 saturated heterocycles. The Morgan fingerprint density at radius 2 is 1.77 bits per heavy atom. The van der Waals surface area contributed by atoms with Gasteiger partial charge in [0.1, 0.15) is 11.4 Å². The fourth-order valence-corrected chi connectivity index (χ4v) is 3.02. The smallest absolute Gasteiger partial charge is 0.137 e. The van der Waals surface area contributed by atoms with E-state index in [0.29, 0.717) is 0 Å². The van der Waals surface area contributed by atoms with E-state index in [4.69, 9.17) is 4.42 Å². The molecule has 0 spiro atoms. The number of hydrogen-bond donors (Lipinski definition) is 0. The second-order valence-corrected chi connectivity index (χ2v) is 5.83. The molecule has 114 valence electrons. The quantitative estimate of drug-likeness (QED) is 0.740. The van der Waals surface area contributed by atoms with Crippen LogP contribution in [0.1, 0.15) is 11.5 Å². The van der Waals surface area contributed by atoms with E-state index in [0.717, 1.165) is 56.4 Å². The van der Waals surface area contributed by atoms with Crippen molar-refractivity contribution in [2.75, 3.05) is 26.2 Å². The van der Waals surface area contributed by atoms with Crippen LogP contribution in [0.25, 0.3) is 5.65 Å². The summed E-state index contributed by atoms with van der Waals surface area (Å²) in [6, 6.07) is 10.1. The number of hydrogen-bond acceptors (Lipinski definition) is 4. The van der Waals surface area contributed by atoms with Crippen LogP contribution in [-0.2, 0) is 13.1 Å². The number of aromatic nitrogens is 2. The number of nitrogens with zero attached hydrogens (tertiary/aromatic N) is 4. The van der Waals surface area contributed by atoms with E-state index in [9.17, 15) is 0 Å². The molecule has 0 amide bonds. The average Bonchev–Trinajstić information content (AvgIpc) is 3.18. The molecule has 1 fully saturated rings. The molecule has 3 aromatic rings. The number of imidazole rings is 1. The van der Waals surface area contributed by atoms with Gasteiger partial charge in [-0.05, 0) is 24.3 Å². The topological polar surface area (TPSA) is 36.9 Å². The van der Waals surface area contributed by atoms with E-state index in [1.807, 2.05) is 36.5 Å². The average molecular weight is 296 g/mol. The van der Waals surface area contributed by atoms with Crippen molar-refractivity contribution in [1.82, 2.24) is 19.2 Å². The number of pyridine rings is 1. The maximum atomic E-state index is 5.42. The Balaban J connectivity index is 1.33. The number of fused-ring (bicyclic) bond motifs is 1. The van der Waals surface area contributed by atoms with Crippen LogP contribution in [0.15, 0.2) is 53.4 Å². The molecule has 0 atom stereocenters. The van der Waals surface area contributed by atoms with Gasteiger partial charge in [-0.1, -0.05) is 6.07 Å². The molecule has 0 bridgehead atoms. The minimum atomic E-state index is 0.912. The minimum Gasteiger partial charge on any atom is -0.468 e. The molecular weight excluding hydrogens is 276 g/mol. The first-order valence-electron chi connectivity index (χ1n) is 7.76. The molecular formula is C17H20N4O. The maximum Gasteiger partial charge on any atom is 0.137 e. The lowest BCUT2D eigenvalue weighted by atomic mass is 10.3. The van der Waals surface area contributed by atoms with Crippen molar-refractivity contribution >= 4 is 5.65 Å². The van der Waals surface area contributed by atoms with Crippen LogP contribution < -0.4 is 0 Å². The Bertz CT molecular complexity index is 693. The Morgan fingerprint density at radius 3 is 2.50 bits per heavy atom. The largest absolute Gasteiger partial charge is 0.468 e. The third kappa shape index (κ3) is 2.91. The summed E-state index contributed by atoms with van der Waals surface area (Å²) in [5, 5.41) is 0. The first-order valence-corrected chi connectivity index (χ1v) is 7.76. The molecule has 0 aliphatic carbocycles. The summed E-state index contributed by atoms with van der Waals surface area (Å²) in [4.78, 5) is 9.60. The Hall–Kier alpha value is -2.11. The Labute approximate surface area is 129 Å². The molecule has 5 nitrogen and oxygen atoms in total. The lowest BCUT2D eigenvalue weighted by Gasteiger charge is -2.33. The maximum absolute atomic E-state index is 5.42. The molecule has 3 aromatic heterocycles. The van der Waals surface area contributed by atoms with Gasteiger partial charge in [-0.15, -0.1) is 0 Å². The first-order chi connectivity index (χ1) is 10.9. The number of furan rings is 1. The summed E-state index contributed by atoms with van der Waals surface area (Å²) < 4.78 is 7.51. The van der Waals surface area contributed by atoms with Crippen molar-refractivity contribution in [2.24, 2.45) is 0 Å². The van der Waals surface area contributed by atoms with Crippen LogP contribution in [0.4, 0.5) is 0 Å². The summed E-state index contributed by atoms with van der Waals surface area (Å²) in [6.07, 6.45) is 5.92. The summed E-state index contributed by atoms with van der Waals surface area (Å²) in [6.45, 7) is 6.15. The molecule has 0 saturated carbocycles. The van der Waals surface area contributed by atoms with Crippen molar-refractivity contribution < 1.29 is 4.42 Å². The zero-order valence-corrected chi connectivity index (χ0v) is 12.6. The summed E-state index contributed by atoms with van der Waals surface area (Å²) in [7, 11) is 0. The molecule has 0 radical (unpaired) electrons. The first kappa shape index (κ1) is 13.5. The highest BCUT2D eigenvalue weighted by molar-refractivity contribution is 5.39. The predicted octanol–water partition coefficient (Wildman–Crippen LogP) is 2.25. The van der Waals surface area contributed by atoms with E-state index >= 15 is 0 Å². The van der Waals surface area contributed by atoms with Crippen LogP contribution in [-0.4, -0.2) is 45.4 Å². The van der Waals surface area contributed by atoms with Gasteiger partial charge in [-0.2, -0.15) is 0 Å². The summed E-state index contributed by atoms with van der Waals surface area (Å²) in [5.74, 6) is 1.05. The van der Waals surface area contributed by atoms with Crippen LogP contribution >= 0.6 is 0 Å². The highest BCUT2D eigenvalue weighted by atomic mass is 16.3. The zero-order chi connectivity index (χ0) is 14.8. The summed E-state index contributed by atoms with van der Waals surface area (Å²) >= 11 is 0. The monoisotopic (exact) mass is 296 g/mol. The Kier molecular flexibility index (Phi) is 3.66. The fourth-order valence-electron chi connectivity index (χ4n) is 3.02. The van der Waals surface area contributed by atoms with Gasteiger partial charge in [0.25, 0.3) is 0 Å². The van der Waals surface area contributed by atoms with Gasteiger partial charge in [0.15, 0.2) is 0 Å². The highest BCUT2D eigenvalue weighted by Crippen LogP contribution is 2.12. The molecule has 22 heavy (non-hydrogen) atoms. The van der Waals surface area contributed by atoms with E-state index in [1.54, 1.807) is 6.26 Å². The fraction of sp³-hybridized carbons (Fsp3) is 0.353. The van der Waals surface area contributed by atoms with Crippen molar-refractivity contribution in [3.05, 3.63) is 60.4 Å². The normalized spacial score (nSPS) is 17.3. The predicted molar refractivity (Wildman–Crippen MR) is 84.5 cm³/mol. The second kappa shape index (κ2) is 5.94. The minimum absolute atomic E-state index is 0.912. The van der Waals surface area contributed by atoms with Crippen molar-refractivity contribution in [2.45, 2.75) is 13.1 Å². The number of rotatable bonds is 4. The van der Waals surface area contributed by atoms with Crippen molar-refractivity contribution in [3.8, 4) is 0 Å². The standard InChI is InChI=1S/C17H20N4O/c1-2-6-21-13-15(18-17(21)5-1)12-19-7-9-20(10-8-19)14-16-4-3-11-22-16/h1-6,11,13H,7-10,12,14H2. The third-order valence-corrected chi connectivity index (χ3v) is 4.22. The van der Waals surface area contributed by atoms with E-state index in [-0.39, 0.29) is 0 Å². The van der Waals surface area contributed by atoms with Gasteiger partial charge in [0.2, 0.25) is 0 Å². The second-order valence-electron chi connectivity index (χ2n) is 5.83. The van der Waals surface area contributed by atoms with Gasteiger partial charge in [0, 0.05) is 45.1 Å². The van der Waals surface area contributed by atoms with Gasteiger partial charge in [0.05, 0.1) is 18.5 Å². The molecule has 4 rings (SSSR count). The highest BCUT2D eigenvalue weighted by Gasteiger charge is 2.18. The molecule has 5 heteroatoms. The van der Waals surface area contributed by atoms with Crippen LogP contribution in [0.3, 0.4) is 0 Å². The molecule has 4 heterocycles. The van der Waals surface area contributed by atoms with Crippen molar-refractivity contribution in [1.29, 1.82) is 0 Å². The lowest BCUT2D eigenvalue weighted by Crippen LogP contribution is -2.45. The summed E-state index contributed by atoms with van der Waals surface area (Å²) in [5.41, 5.74) is 2.17. The van der Waals surface area contributed by atoms with Crippen molar-refractivity contribution in [3.63, 3.8) is 0 Å². The van der Waals surface area contributed by atoms with Gasteiger partial charge in [-0.3, -0.25) is 9.80 Å². The van der Waals surface area contributed by atoms with E-state index < -0.39 is 0 Å². The van der Waals surface area contributed by atoms with Crippen LogP contribution in [0, 0.1) is 0 Å². The molecule has 0 N–H and O–H groups in total. The molecule has 1 aliphatic heterocycles. The SMILES string of the molecule is c1coc(CN2CCN(Cc3cn4ccccc4n3)CC2)c1. The zero-order valence-electron chi connectivity index (χ0n) is 12.6. The molecule has 1 aliphatic rings. The lowest BCUT2D eigenvalue weighted by molar-refractivity contribution is 0.115. The van der Waals surface area contributed by atoms with Crippen LogP contribution in [0.2, 0.25) is 0 Å². The Morgan fingerprint density at radius 1 is 0.955 bits per heavy atom. The molecule has 0 unspecified atom stereocenters. The van der Waals surface area contributed by atoms with Gasteiger partial charge >= 0.3 is 0 Å². The molecule has 0 aromatic carbocycles. The number of piperazine rings is 1. The van der Waals surface area contributed by atoms with E-state index in [2.05, 4.69) is 25.4 Å². The van der Waals surface area contributed by atoms with Gasteiger partial charge < -0.3 is 8.82 Å². The van der Waals surface area contributed by atoms with E-state index in [1.165, 1.54) is 0 Å². The van der Waals surface area contributed by atoms with Crippen LogP contribution in [0.5, 0.6) is 0 Å². The van der Waals surface area contributed by atoms with Gasteiger partial charge in [-0.25, -0.2) is 4.98 Å². The third-order valence-electron chi connectivity index (χ3n) is 4.22.